The van der Waals surface area contributed by atoms with Crippen LogP contribution in [0.15, 0.2) is 53.5 Å². The predicted molar refractivity (Wildman–Crippen MR) is 123 cm³/mol. The van der Waals surface area contributed by atoms with Gasteiger partial charge in [0.15, 0.2) is 5.96 Å². The maximum Gasteiger partial charge on any atom is 0.254 e. The molecule has 1 aliphatic heterocycles. The molecule has 0 aromatic heterocycles. The lowest BCUT2D eigenvalue weighted by Gasteiger charge is -2.26. The smallest absolute Gasteiger partial charge is 0.254 e. The Labute approximate surface area is 188 Å². The Morgan fingerprint density at radius 3 is 2.48 bits per heavy atom. The van der Waals surface area contributed by atoms with Crippen molar-refractivity contribution in [3.05, 3.63) is 70.2 Å². The van der Waals surface area contributed by atoms with Crippen LogP contribution in [0.25, 0.3) is 0 Å². The fourth-order valence-electron chi connectivity index (χ4n) is 3.32. The molecule has 0 radical (unpaired) electrons. The summed E-state index contributed by atoms with van der Waals surface area (Å²) in [5, 5.41) is 6.76. The highest BCUT2D eigenvalue weighted by Gasteiger charge is 2.22. The Bertz CT molecular complexity index is 928. The molecule has 164 valence electrons. The van der Waals surface area contributed by atoms with Crippen molar-refractivity contribution in [2.75, 3.05) is 33.2 Å². The van der Waals surface area contributed by atoms with Gasteiger partial charge in [0.2, 0.25) is 5.91 Å². The summed E-state index contributed by atoms with van der Waals surface area (Å²) in [5.41, 5.74) is 2.73. The molecule has 7 nitrogen and oxygen atoms in total. The number of halogens is 1. The van der Waals surface area contributed by atoms with Crippen molar-refractivity contribution in [3.63, 3.8) is 0 Å². The lowest BCUT2D eigenvalue weighted by atomic mass is 10.1. The fraction of sp³-hybridized carbons (Fsp3) is 0.348. The quantitative estimate of drug-likeness (QED) is 0.533. The van der Waals surface area contributed by atoms with Gasteiger partial charge in [-0.15, -0.1) is 0 Å². The normalized spacial score (nSPS) is 14.2. The van der Waals surface area contributed by atoms with Gasteiger partial charge in [0.05, 0.1) is 13.1 Å². The number of carbonyl (C=O) groups excluding carboxylic acids is 2. The summed E-state index contributed by atoms with van der Waals surface area (Å²) < 4.78 is 0. The van der Waals surface area contributed by atoms with Gasteiger partial charge in [-0.2, -0.15) is 0 Å². The van der Waals surface area contributed by atoms with E-state index in [1.54, 1.807) is 17.0 Å². The molecule has 1 fully saturated rings. The average Bonchev–Trinajstić information content (AvgIpc) is 2.78. The number of rotatable bonds is 6. The molecule has 0 spiro atoms. The first-order chi connectivity index (χ1) is 15.0. The third kappa shape index (κ3) is 6.46. The van der Waals surface area contributed by atoms with Crippen LogP contribution in [0.2, 0.25) is 5.02 Å². The van der Waals surface area contributed by atoms with E-state index in [4.69, 9.17) is 16.6 Å². The highest BCUT2D eigenvalue weighted by molar-refractivity contribution is 6.30. The molecule has 8 heteroatoms. The lowest BCUT2D eigenvalue weighted by molar-refractivity contribution is -0.123. The molecule has 0 unspecified atom stereocenters. The highest BCUT2D eigenvalue weighted by atomic mass is 35.5. The van der Waals surface area contributed by atoms with Gasteiger partial charge in [-0.3, -0.25) is 9.59 Å². The molecule has 0 aliphatic carbocycles. The molecule has 1 heterocycles. The first kappa shape index (κ1) is 22.6. The minimum atomic E-state index is -0.124. The van der Waals surface area contributed by atoms with Gasteiger partial charge in [0, 0.05) is 43.8 Å². The highest BCUT2D eigenvalue weighted by Crippen LogP contribution is 2.12. The maximum absolute atomic E-state index is 12.6. The third-order valence-electron chi connectivity index (χ3n) is 4.97. The summed E-state index contributed by atoms with van der Waals surface area (Å²) >= 11 is 5.97. The number of nitrogens with one attached hydrogen (secondary N) is 2. The zero-order valence-corrected chi connectivity index (χ0v) is 18.7. The zero-order valence-electron chi connectivity index (χ0n) is 17.9. The number of guanidine groups is 1. The molecule has 1 aliphatic rings. The van der Waals surface area contributed by atoms with Gasteiger partial charge in [-0.05, 0) is 42.3 Å². The summed E-state index contributed by atoms with van der Waals surface area (Å²) in [6, 6.07) is 15.2. The number of aliphatic imine (C=N–C) groups is 1. The van der Waals surface area contributed by atoms with E-state index in [0.717, 1.165) is 28.7 Å². The monoisotopic (exact) mass is 441 g/mol. The number of benzene rings is 2. The summed E-state index contributed by atoms with van der Waals surface area (Å²) in [5.74, 6) is 0.558. The van der Waals surface area contributed by atoms with Crippen LogP contribution < -0.4 is 10.6 Å². The van der Waals surface area contributed by atoms with Gasteiger partial charge in [0.25, 0.3) is 5.91 Å². The van der Waals surface area contributed by atoms with E-state index in [1.807, 2.05) is 50.4 Å². The number of hydrogen-bond donors (Lipinski definition) is 2. The molecule has 2 aromatic carbocycles. The van der Waals surface area contributed by atoms with Crippen LogP contribution in [0.4, 0.5) is 0 Å². The SMILES string of the molecule is CCNC(=NCc1ccc(C(=O)N2CCNC(=O)C2)cc1)N(C)Cc1ccc(Cl)cc1. The second kappa shape index (κ2) is 10.8. The summed E-state index contributed by atoms with van der Waals surface area (Å²) in [6.45, 7) is 5.13. The maximum atomic E-state index is 12.6. The summed E-state index contributed by atoms with van der Waals surface area (Å²) in [6.07, 6.45) is 0. The van der Waals surface area contributed by atoms with E-state index < -0.39 is 0 Å². The van der Waals surface area contributed by atoms with Crippen molar-refractivity contribution in [1.29, 1.82) is 0 Å². The minimum Gasteiger partial charge on any atom is -0.357 e. The minimum absolute atomic E-state index is 0.108. The van der Waals surface area contributed by atoms with Gasteiger partial charge in [0.1, 0.15) is 0 Å². The molecule has 2 aromatic rings. The Balaban J connectivity index is 1.62. The number of nitrogens with zero attached hydrogens (tertiary/aromatic N) is 3. The van der Waals surface area contributed by atoms with Gasteiger partial charge < -0.3 is 20.4 Å². The van der Waals surface area contributed by atoms with Gasteiger partial charge >= 0.3 is 0 Å². The molecule has 0 atom stereocenters. The van der Waals surface area contributed by atoms with E-state index in [9.17, 15) is 9.59 Å². The first-order valence-electron chi connectivity index (χ1n) is 10.3. The van der Waals surface area contributed by atoms with Crippen molar-refractivity contribution in [2.45, 2.75) is 20.0 Å². The Hall–Kier alpha value is -3.06. The van der Waals surface area contributed by atoms with E-state index in [1.165, 1.54) is 0 Å². The van der Waals surface area contributed by atoms with Crippen LogP contribution in [-0.4, -0.2) is 60.8 Å². The second-order valence-electron chi connectivity index (χ2n) is 7.43. The number of hydrogen-bond acceptors (Lipinski definition) is 3. The van der Waals surface area contributed by atoms with Crippen LogP contribution in [0, 0.1) is 0 Å². The van der Waals surface area contributed by atoms with E-state index >= 15 is 0 Å². The van der Waals surface area contributed by atoms with Crippen LogP contribution in [0.3, 0.4) is 0 Å². The van der Waals surface area contributed by atoms with Crippen LogP contribution in [0.1, 0.15) is 28.4 Å². The molecule has 2 amide bonds. The van der Waals surface area contributed by atoms with Crippen molar-refractivity contribution in [3.8, 4) is 0 Å². The van der Waals surface area contributed by atoms with E-state index in [0.29, 0.717) is 31.7 Å². The van der Waals surface area contributed by atoms with Crippen molar-refractivity contribution >= 4 is 29.4 Å². The zero-order chi connectivity index (χ0) is 22.2. The molecule has 2 N–H and O–H groups in total. The first-order valence-corrected chi connectivity index (χ1v) is 10.7. The second-order valence-corrected chi connectivity index (χ2v) is 7.86. The standard InChI is InChI=1S/C23H28ClN5O2/c1-3-25-23(28(2)15-18-6-10-20(24)11-7-18)27-14-17-4-8-19(9-5-17)22(31)29-13-12-26-21(30)16-29/h4-11H,3,12-16H2,1-2H3,(H,25,27)(H,26,30). The summed E-state index contributed by atoms with van der Waals surface area (Å²) in [4.78, 5) is 32.5. The third-order valence-corrected chi connectivity index (χ3v) is 5.22. The van der Waals surface area contributed by atoms with Crippen molar-refractivity contribution in [1.82, 2.24) is 20.4 Å². The van der Waals surface area contributed by atoms with Crippen molar-refractivity contribution < 1.29 is 9.59 Å². The molecule has 3 rings (SSSR count). The van der Waals surface area contributed by atoms with Crippen LogP contribution in [-0.2, 0) is 17.9 Å². The molecule has 0 bridgehead atoms. The van der Waals surface area contributed by atoms with Crippen LogP contribution >= 0.6 is 11.6 Å². The molecular weight excluding hydrogens is 414 g/mol. The molecule has 0 saturated carbocycles. The van der Waals surface area contributed by atoms with E-state index in [-0.39, 0.29) is 18.4 Å². The number of carbonyl (C=O) groups is 2. The number of amides is 2. The topological polar surface area (TPSA) is 77.0 Å². The Kier molecular flexibility index (Phi) is 7.89. The molecule has 1 saturated heterocycles. The fourth-order valence-corrected chi connectivity index (χ4v) is 3.45. The van der Waals surface area contributed by atoms with Crippen LogP contribution in [0.5, 0.6) is 0 Å². The Morgan fingerprint density at radius 2 is 1.84 bits per heavy atom. The Morgan fingerprint density at radius 1 is 1.16 bits per heavy atom. The molecule has 31 heavy (non-hydrogen) atoms. The molecular formula is C23H28ClN5O2. The van der Waals surface area contributed by atoms with E-state index in [2.05, 4.69) is 15.5 Å². The largest absolute Gasteiger partial charge is 0.357 e. The summed E-state index contributed by atoms with van der Waals surface area (Å²) in [7, 11) is 1.99. The van der Waals surface area contributed by atoms with Gasteiger partial charge in [-0.25, -0.2) is 4.99 Å². The predicted octanol–water partition coefficient (Wildman–Crippen LogP) is 2.51. The lowest BCUT2D eigenvalue weighted by Crippen LogP contribution is -2.49. The average molecular weight is 442 g/mol. The van der Waals surface area contributed by atoms with Gasteiger partial charge in [-0.1, -0.05) is 35.9 Å². The van der Waals surface area contributed by atoms with Crippen molar-refractivity contribution in [2.24, 2.45) is 4.99 Å². The number of piperazine rings is 1.